The number of methoxy groups -OCH3 is 1. The van der Waals surface area contributed by atoms with Gasteiger partial charge in [-0.15, -0.1) is 0 Å². The van der Waals surface area contributed by atoms with Crippen molar-refractivity contribution in [3.63, 3.8) is 0 Å². The first-order valence-electron chi connectivity index (χ1n) is 11.9. The highest BCUT2D eigenvalue weighted by molar-refractivity contribution is 5.94. The fraction of sp³-hybridized carbons (Fsp3) is 0.370. The number of carbonyl (C=O) groups excluding carboxylic acids is 2. The first-order valence-corrected chi connectivity index (χ1v) is 11.9. The summed E-state index contributed by atoms with van der Waals surface area (Å²) in [6.45, 7) is 6.66. The van der Waals surface area contributed by atoms with Crippen LogP contribution in [0.5, 0.6) is 5.75 Å². The molecule has 0 radical (unpaired) electrons. The van der Waals surface area contributed by atoms with Crippen molar-refractivity contribution in [2.75, 3.05) is 13.7 Å². The molecule has 2 amide bonds. The fourth-order valence-corrected chi connectivity index (χ4v) is 4.17. The molecule has 0 saturated carbocycles. The number of carbonyl (C=O) groups is 2. The highest BCUT2D eigenvalue weighted by Gasteiger charge is 2.32. The SMILES string of the molecule is COc1ccc(CNC(=O)c2c3n(c(=O)n2Cc2ccccc2)CCN(C(=O)OC(C)(C)C)C3)cc1. The number of nitrogens with zero attached hydrogens (tertiary/aromatic N) is 3. The lowest BCUT2D eigenvalue weighted by Crippen LogP contribution is -2.43. The smallest absolute Gasteiger partial charge is 0.410 e. The van der Waals surface area contributed by atoms with Crippen LogP contribution in [-0.2, 0) is 30.9 Å². The molecule has 2 aromatic carbocycles. The molecule has 4 rings (SSSR count). The van der Waals surface area contributed by atoms with Crippen molar-refractivity contribution in [1.29, 1.82) is 0 Å². The molecule has 1 N–H and O–H groups in total. The van der Waals surface area contributed by atoms with E-state index in [1.54, 1.807) is 32.4 Å². The minimum Gasteiger partial charge on any atom is -0.497 e. The standard InChI is InChI=1S/C27H32N4O5/c1-27(2,3)36-26(34)29-14-15-30-22(18-29)23(31(25(30)33)17-20-8-6-5-7-9-20)24(32)28-16-19-10-12-21(35-4)13-11-19/h5-13H,14-18H2,1-4H3,(H,28,32). The second kappa shape index (κ2) is 10.3. The van der Waals surface area contributed by atoms with Gasteiger partial charge >= 0.3 is 11.8 Å². The van der Waals surface area contributed by atoms with Gasteiger partial charge in [-0.25, -0.2) is 9.59 Å². The Kier molecular flexibility index (Phi) is 7.19. The van der Waals surface area contributed by atoms with E-state index in [1.165, 1.54) is 9.47 Å². The highest BCUT2D eigenvalue weighted by Crippen LogP contribution is 2.20. The molecule has 0 saturated heterocycles. The summed E-state index contributed by atoms with van der Waals surface area (Å²) in [7, 11) is 1.60. The molecule has 0 fully saturated rings. The highest BCUT2D eigenvalue weighted by atomic mass is 16.6. The number of benzene rings is 2. The summed E-state index contributed by atoms with van der Waals surface area (Å²) < 4.78 is 13.8. The van der Waals surface area contributed by atoms with Crippen LogP contribution in [0.15, 0.2) is 59.4 Å². The van der Waals surface area contributed by atoms with Crippen LogP contribution >= 0.6 is 0 Å². The van der Waals surface area contributed by atoms with Gasteiger partial charge in [0.2, 0.25) is 0 Å². The average Bonchev–Trinajstić information content (AvgIpc) is 3.13. The number of rotatable bonds is 6. The number of amides is 2. The number of ether oxygens (including phenoxy) is 2. The summed E-state index contributed by atoms with van der Waals surface area (Å²) in [5, 5.41) is 2.94. The van der Waals surface area contributed by atoms with Gasteiger partial charge in [0.05, 0.1) is 25.9 Å². The van der Waals surface area contributed by atoms with Gasteiger partial charge in [-0.2, -0.15) is 0 Å². The summed E-state index contributed by atoms with van der Waals surface area (Å²) in [4.78, 5) is 41.2. The van der Waals surface area contributed by atoms with Gasteiger partial charge in [0, 0.05) is 19.6 Å². The molecule has 0 aliphatic carbocycles. The van der Waals surface area contributed by atoms with E-state index in [4.69, 9.17) is 9.47 Å². The Labute approximate surface area is 210 Å². The first kappa shape index (κ1) is 25.1. The zero-order valence-electron chi connectivity index (χ0n) is 21.1. The fourth-order valence-electron chi connectivity index (χ4n) is 4.17. The van der Waals surface area contributed by atoms with E-state index >= 15 is 0 Å². The van der Waals surface area contributed by atoms with Crippen molar-refractivity contribution in [3.05, 3.63) is 87.6 Å². The lowest BCUT2D eigenvalue weighted by Gasteiger charge is -2.30. The minimum atomic E-state index is -0.647. The Morgan fingerprint density at radius 3 is 2.31 bits per heavy atom. The molecule has 0 unspecified atom stereocenters. The second-order valence-electron chi connectivity index (χ2n) is 9.73. The number of imidazole rings is 1. The molecule has 190 valence electrons. The zero-order chi connectivity index (χ0) is 25.9. The van der Waals surface area contributed by atoms with Gasteiger partial charge in [-0.05, 0) is 44.0 Å². The van der Waals surface area contributed by atoms with Crippen molar-refractivity contribution < 1.29 is 19.1 Å². The zero-order valence-corrected chi connectivity index (χ0v) is 21.1. The van der Waals surface area contributed by atoms with Crippen LogP contribution in [0.3, 0.4) is 0 Å². The normalized spacial score (nSPS) is 13.2. The third-order valence-corrected chi connectivity index (χ3v) is 5.93. The van der Waals surface area contributed by atoms with E-state index in [0.29, 0.717) is 12.2 Å². The summed E-state index contributed by atoms with van der Waals surface area (Å²) >= 11 is 0. The van der Waals surface area contributed by atoms with Gasteiger partial charge in [0.15, 0.2) is 0 Å². The van der Waals surface area contributed by atoms with E-state index in [-0.39, 0.29) is 43.5 Å². The number of hydrogen-bond donors (Lipinski definition) is 1. The van der Waals surface area contributed by atoms with E-state index in [2.05, 4.69) is 5.32 Å². The van der Waals surface area contributed by atoms with E-state index in [0.717, 1.165) is 16.9 Å². The summed E-state index contributed by atoms with van der Waals surface area (Å²) in [6.07, 6.45) is -0.471. The number of fused-ring (bicyclic) bond motifs is 1. The van der Waals surface area contributed by atoms with Crippen LogP contribution < -0.4 is 15.7 Å². The molecule has 0 bridgehead atoms. The molecule has 2 heterocycles. The molecule has 36 heavy (non-hydrogen) atoms. The minimum absolute atomic E-state index is 0.108. The average molecular weight is 493 g/mol. The molecule has 0 spiro atoms. The number of nitrogens with one attached hydrogen (secondary N) is 1. The maximum atomic E-state index is 13.5. The van der Waals surface area contributed by atoms with Crippen LogP contribution in [0, 0.1) is 0 Å². The predicted molar refractivity (Wildman–Crippen MR) is 135 cm³/mol. The molecule has 9 heteroatoms. The quantitative estimate of drug-likeness (QED) is 0.569. The summed E-state index contributed by atoms with van der Waals surface area (Å²) in [5.74, 6) is 0.351. The van der Waals surface area contributed by atoms with Crippen LogP contribution in [-0.4, -0.2) is 45.3 Å². The Hall–Kier alpha value is -4.01. The van der Waals surface area contributed by atoms with E-state index in [9.17, 15) is 14.4 Å². The van der Waals surface area contributed by atoms with Crippen molar-refractivity contribution in [1.82, 2.24) is 19.4 Å². The van der Waals surface area contributed by atoms with Gasteiger partial charge < -0.3 is 19.7 Å². The summed E-state index contributed by atoms with van der Waals surface area (Å²) in [6, 6.07) is 16.9. The van der Waals surface area contributed by atoms with Crippen LogP contribution in [0.1, 0.15) is 48.1 Å². The van der Waals surface area contributed by atoms with Crippen molar-refractivity contribution in [2.45, 2.75) is 52.6 Å². The Balaban J connectivity index is 1.65. The van der Waals surface area contributed by atoms with Gasteiger partial charge in [-0.3, -0.25) is 13.9 Å². The molecule has 1 aromatic heterocycles. The largest absolute Gasteiger partial charge is 0.497 e. The second-order valence-corrected chi connectivity index (χ2v) is 9.73. The maximum absolute atomic E-state index is 13.5. The molecule has 0 atom stereocenters. The Bertz CT molecular complexity index is 1290. The van der Waals surface area contributed by atoms with Crippen LogP contribution in [0.4, 0.5) is 4.79 Å². The number of hydrogen-bond acceptors (Lipinski definition) is 5. The molecule has 3 aromatic rings. The Morgan fingerprint density at radius 2 is 1.67 bits per heavy atom. The summed E-state index contributed by atoms with van der Waals surface area (Å²) in [5.41, 5.74) is 1.63. The van der Waals surface area contributed by atoms with Crippen LogP contribution in [0.2, 0.25) is 0 Å². The maximum Gasteiger partial charge on any atom is 0.410 e. The Morgan fingerprint density at radius 1 is 0.972 bits per heavy atom. The topological polar surface area (TPSA) is 94.8 Å². The molecular formula is C27H32N4O5. The lowest BCUT2D eigenvalue weighted by molar-refractivity contribution is 0.0196. The van der Waals surface area contributed by atoms with Crippen LogP contribution in [0.25, 0.3) is 0 Å². The molecule has 9 nitrogen and oxygen atoms in total. The van der Waals surface area contributed by atoms with Gasteiger partial charge in [0.1, 0.15) is 17.0 Å². The van der Waals surface area contributed by atoms with Gasteiger partial charge in [0.25, 0.3) is 5.91 Å². The monoisotopic (exact) mass is 492 g/mol. The van der Waals surface area contributed by atoms with E-state index < -0.39 is 11.7 Å². The molecular weight excluding hydrogens is 460 g/mol. The predicted octanol–water partition coefficient (Wildman–Crippen LogP) is 3.39. The van der Waals surface area contributed by atoms with Crippen molar-refractivity contribution in [3.8, 4) is 5.75 Å². The first-order chi connectivity index (χ1) is 17.2. The number of aromatic nitrogens is 2. The molecule has 1 aliphatic rings. The third-order valence-electron chi connectivity index (χ3n) is 5.93. The lowest BCUT2D eigenvalue weighted by atomic mass is 10.2. The van der Waals surface area contributed by atoms with Gasteiger partial charge in [-0.1, -0.05) is 42.5 Å². The van der Waals surface area contributed by atoms with Crippen molar-refractivity contribution in [2.24, 2.45) is 0 Å². The third kappa shape index (κ3) is 5.62. The van der Waals surface area contributed by atoms with E-state index in [1.807, 2.05) is 54.6 Å². The molecule has 1 aliphatic heterocycles. The van der Waals surface area contributed by atoms with Crippen molar-refractivity contribution >= 4 is 12.0 Å².